The van der Waals surface area contributed by atoms with Crippen molar-refractivity contribution in [1.29, 1.82) is 0 Å². The third-order valence-corrected chi connectivity index (χ3v) is 3.82. The van der Waals surface area contributed by atoms with E-state index in [9.17, 15) is 4.79 Å². The Kier molecular flexibility index (Phi) is 5.25. The molecule has 1 aliphatic carbocycles. The van der Waals surface area contributed by atoms with Gasteiger partial charge in [0.1, 0.15) is 0 Å². The SMILES string of the molecule is CCc1ccc(CCNC(=O)NC2CCCC2)cc1. The number of carbonyl (C=O) groups is 1. The summed E-state index contributed by atoms with van der Waals surface area (Å²) in [5.74, 6) is 0. The van der Waals surface area contributed by atoms with Gasteiger partial charge in [0, 0.05) is 12.6 Å². The zero-order chi connectivity index (χ0) is 13.5. The van der Waals surface area contributed by atoms with Crippen molar-refractivity contribution in [2.24, 2.45) is 0 Å². The molecule has 1 aromatic carbocycles. The van der Waals surface area contributed by atoms with Crippen LogP contribution in [0.3, 0.4) is 0 Å². The Hall–Kier alpha value is -1.51. The van der Waals surface area contributed by atoms with Gasteiger partial charge in [-0.3, -0.25) is 0 Å². The first kappa shape index (κ1) is 13.9. The van der Waals surface area contributed by atoms with Crippen molar-refractivity contribution in [3.8, 4) is 0 Å². The average Bonchev–Trinajstić information content (AvgIpc) is 2.92. The van der Waals surface area contributed by atoms with E-state index in [0.717, 1.165) is 25.7 Å². The van der Waals surface area contributed by atoms with Crippen LogP contribution in [0.4, 0.5) is 4.79 Å². The number of benzene rings is 1. The predicted molar refractivity (Wildman–Crippen MR) is 78.3 cm³/mol. The first-order valence-corrected chi connectivity index (χ1v) is 7.40. The van der Waals surface area contributed by atoms with Gasteiger partial charge in [-0.25, -0.2) is 4.79 Å². The molecule has 3 heteroatoms. The molecule has 1 aromatic rings. The fourth-order valence-corrected chi connectivity index (χ4v) is 2.57. The van der Waals surface area contributed by atoms with Crippen LogP contribution in [0.2, 0.25) is 0 Å². The maximum Gasteiger partial charge on any atom is 0.315 e. The van der Waals surface area contributed by atoms with Gasteiger partial charge in [0.2, 0.25) is 0 Å². The predicted octanol–water partition coefficient (Wildman–Crippen LogP) is 3.03. The summed E-state index contributed by atoms with van der Waals surface area (Å²) >= 11 is 0. The molecule has 2 rings (SSSR count). The summed E-state index contributed by atoms with van der Waals surface area (Å²) in [5, 5.41) is 5.97. The van der Waals surface area contributed by atoms with Gasteiger partial charge in [0.25, 0.3) is 0 Å². The molecule has 0 saturated heterocycles. The second kappa shape index (κ2) is 7.17. The quantitative estimate of drug-likeness (QED) is 0.839. The van der Waals surface area contributed by atoms with Gasteiger partial charge >= 0.3 is 6.03 Å². The van der Waals surface area contributed by atoms with Crippen molar-refractivity contribution in [1.82, 2.24) is 10.6 Å². The van der Waals surface area contributed by atoms with Crippen molar-refractivity contribution in [2.75, 3.05) is 6.54 Å². The third kappa shape index (κ3) is 4.58. The highest BCUT2D eigenvalue weighted by molar-refractivity contribution is 5.74. The molecular weight excluding hydrogens is 236 g/mol. The average molecular weight is 260 g/mol. The topological polar surface area (TPSA) is 41.1 Å². The molecule has 0 bridgehead atoms. The van der Waals surface area contributed by atoms with E-state index in [-0.39, 0.29) is 6.03 Å². The first-order valence-electron chi connectivity index (χ1n) is 7.40. The van der Waals surface area contributed by atoms with E-state index in [1.54, 1.807) is 0 Å². The number of amides is 2. The van der Waals surface area contributed by atoms with Crippen molar-refractivity contribution in [3.63, 3.8) is 0 Å². The summed E-state index contributed by atoms with van der Waals surface area (Å²) in [7, 11) is 0. The maximum absolute atomic E-state index is 11.7. The van der Waals surface area contributed by atoms with Gasteiger partial charge in [-0.1, -0.05) is 44.0 Å². The maximum atomic E-state index is 11.7. The van der Waals surface area contributed by atoms with Crippen LogP contribution in [0.1, 0.15) is 43.7 Å². The van der Waals surface area contributed by atoms with Crippen LogP contribution in [-0.4, -0.2) is 18.6 Å². The minimum Gasteiger partial charge on any atom is -0.338 e. The first-order chi connectivity index (χ1) is 9.28. The van der Waals surface area contributed by atoms with Crippen LogP contribution in [0.5, 0.6) is 0 Å². The minimum absolute atomic E-state index is 0.0166. The molecular formula is C16H24N2O. The number of aryl methyl sites for hydroxylation is 1. The number of hydrogen-bond acceptors (Lipinski definition) is 1. The fraction of sp³-hybridized carbons (Fsp3) is 0.562. The highest BCUT2D eigenvalue weighted by atomic mass is 16.2. The second-order valence-corrected chi connectivity index (χ2v) is 5.30. The van der Waals surface area contributed by atoms with Gasteiger partial charge in [-0.15, -0.1) is 0 Å². The lowest BCUT2D eigenvalue weighted by atomic mass is 10.1. The number of hydrogen-bond donors (Lipinski definition) is 2. The van der Waals surface area contributed by atoms with Crippen molar-refractivity contribution >= 4 is 6.03 Å². The lowest BCUT2D eigenvalue weighted by Gasteiger charge is -2.12. The van der Waals surface area contributed by atoms with Gasteiger partial charge in [0.05, 0.1) is 0 Å². The molecule has 1 fully saturated rings. The molecule has 1 aliphatic rings. The van der Waals surface area contributed by atoms with E-state index >= 15 is 0 Å². The highest BCUT2D eigenvalue weighted by Gasteiger charge is 2.16. The van der Waals surface area contributed by atoms with Gasteiger partial charge < -0.3 is 10.6 Å². The second-order valence-electron chi connectivity index (χ2n) is 5.30. The van der Waals surface area contributed by atoms with Crippen LogP contribution in [0, 0.1) is 0 Å². The molecule has 1 saturated carbocycles. The molecule has 104 valence electrons. The van der Waals surface area contributed by atoms with Crippen LogP contribution < -0.4 is 10.6 Å². The molecule has 0 aromatic heterocycles. The highest BCUT2D eigenvalue weighted by Crippen LogP contribution is 2.17. The molecule has 0 spiro atoms. The molecule has 0 unspecified atom stereocenters. The van der Waals surface area contributed by atoms with E-state index in [4.69, 9.17) is 0 Å². The normalized spacial score (nSPS) is 15.4. The summed E-state index contributed by atoms with van der Waals surface area (Å²) < 4.78 is 0. The van der Waals surface area contributed by atoms with Crippen LogP contribution in [0.25, 0.3) is 0 Å². The lowest BCUT2D eigenvalue weighted by molar-refractivity contribution is 0.237. The number of urea groups is 1. The molecule has 3 nitrogen and oxygen atoms in total. The van der Waals surface area contributed by atoms with E-state index in [0.29, 0.717) is 12.6 Å². The van der Waals surface area contributed by atoms with Crippen molar-refractivity contribution in [2.45, 2.75) is 51.5 Å². The molecule has 2 N–H and O–H groups in total. The van der Waals surface area contributed by atoms with Crippen LogP contribution in [-0.2, 0) is 12.8 Å². The summed E-state index contributed by atoms with van der Waals surface area (Å²) in [6, 6.07) is 8.99. The Morgan fingerprint density at radius 3 is 2.42 bits per heavy atom. The number of nitrogens with one attached hydrogen (secondary N) is 2. The van der Waals surface area contributed by atoms with Crippen LogP contribution in [0.15, 0.2) is 24.3 Å². The zero-order valence-electron chi connectivity index (χ0n) is 11.7. The lowest BCUT2D eigenvalue weighted by Crippen LogP contribution is -2.41. The monoisotopic (exact) mass is 260 g/mol. The summed E-state index contributed by atoms with van der Waals surface area (Å²) in [6.45, 7) is 2.86. The van der Waals surface area contributed by atoms with E-state index in [1.807, 2.05) is 0 Å². The fourth-order valence-electron chi connectivity index (χ4n) is 2.57. The molecule has 0 radical (unpaired) electrons. The Morgan fingerprint density at radius 2 is 1.79 bits per heavy atom. The van der Waals surface area contributed by atoms with E-state index in [2.05, 4.69) is 41.8 Å². The largest absolute Gasteiger partial charge is 0.338 e. The Labute approximate surface area is 115 Å². The van der Waals surface area contributed by atoms with Crippen molar-refractivity contribution in [3.05, 3.63) is 35.4 Å². The number of carbonyl (C=O) groups excluding carboxylic acids is 1. The van der Waals surface area contributed by atoms with E-state index < -0.39 is 0 Å². The molecule has 19 heavy (non-hydrogen) atoms. The van der Waals surface area contributed by atoms with E-state index in [1.165, 1.54) is 24.0 Å². The molecule has 0 aliphatic heterocycles. The standard InChI is InChI=1S/C16H24N2O/c1-2-13-7-9-14(10-8-13)11-12-17-16(19)18-15-5-3-4-6-15/h7-10,15H,2-6,11-12H2,1H3,(H2,17,18,19). The molecule has 2 amide bonds. The number of rotatable bonds is 5. The Balaban J connectivity index is 1.65. The molecule has 0 atom stereocenters. The molecule has 0 heterocycles. The minimum atomic E-state index is -0.0166. The smallest absolute Gasteiger partial charge is 0.315 e. The van der Waals surface area contributed by atoms with Crippen molar-refractivity contribution < 1.29 is 4.79 Å². The summed E-state index contributed by atoms with van der Waals surface area (Å²) in [4.78, 5) is 11.7. The van der Waals surface area contributed by atoms with Crippen LogP contribution >= 0.6 is 0 Å². The third-order valence-electron chi connectivity index (χ3n) is 3.82. The Morgan fingerprint density at radius 1 is 1.16 bits per heavy atom. The van der Waals surface area contributed by atoms with Gasteiger partial charge in [-0.2, -0.15) is 0 Å². The summed E-state index contributed by atoms with van der Waals surface area (Å²) in [5.41, 5.74) is 2.63. The summed E-state index contributed by atoms with van der Waals surface area (Å²) in [6.07, 6.45) is 6.71. The van der Waals surface area contributed by atoms with Gasteiger partial charge in [-0.05, 0) is 36.8 Å². The van der Waals surface area contributed by atoms with Gasteiger partial charge in [0.15, 0.2) is 0 Å². The zero-order valence-corrected chi connectivity index (χ0v) is 11.7. The Bertz CT molecular complexity index is 394.